The van der Waals surface area contributed by atoms with E-state index >= 15 is 0 Å². The van der Waals surface area contributed by atoms with Crippen molar-refractivity contribution in [3.05, 3.63) is 0 Å². The van der Waals surface area contributed by atoms with E-state index in [1.165, 1.54) is 0 Å². The molecule has 110 valence electrons. The molecular weight excluding hydrogens is 244 g/mol. The van der Waals surface area contributed by atoms with Crippen molar-refractivity contribution in [2.24, 2.45) is 17.6 Å². The lowest BCUT2D eigenvalue weighted by Crippen LogP contribution is -2.53. The third-order valence-electron chi connectivity index (χ3n) is 3.51. The second-order valence-corrected chi connectivity index (χ2v) is 5.26. The molecule has 0 aromatic rings. The Morgan fingerprint density at radius 2 is 2.26 bits per heavy atom. The summed E-state index contributed by atoms with van der Waals surface area (Å²) in [6.07, 6.45) is 0.844. The molecule has 4 N–H and O–H groups in total. The van der Waals surface area contributed by atoms with E-state index < -0.39 is 0 Å². The molecule has 0 aliphatic carbocycles. The molecule has 1 aliphatic heterocycles. The van der Waals surface area contributed by atoms with Crippen LogP contribution in [0.25, 0.3) is 0 Å². The van der Waals surface area contributed by atoms with Crippen LogP contribution >= 0.6 is 0 Å². The molecule has 0 aromatic heterocycles. The molecule has 1 saturated heterocycles. The molecule has 2 unspecified atom stereocenters. The van der Waals surface area contributed by atoms with Crippen molar-refractivity contribution in [1.82, 2.24) is 10.2 Å². The van der Waals surface area contributed by atoms with E-state index in [0.717, 1.165) is 6.42 Å². The fraction of sp³-hybridized carbons (Fsp3) is 0.846. The first-order valence-electron chi connectivity index (χ1n) is 6.93. The van der Waals surface area contributed by atoms with Crippen molar-refractivity contribution < 1.29 is 9.53 Å². The van der Waals surface area contributed by atoms with Gasteiger partial charge in [-0.2, -0.15) is 0 Å². The summed E-state index contributed by atoms with van der Waals surface area (Å²) in [6.45, 7) is 8.42. The fourth-order valence-electron chi connectivity index (χ4n) is 2.52. The van der Waals surface area contributed by atoms with Gasteiger partial charge in [-0.25, -0.2) is 0 Å². The number of hydrogen-bond acceptors (Lipinski definition) is 3. The summed E-state index contributed by atoms with van der Waals surface area (Å²) >= 11 is 0. The minimum absolute atomic E-state index is 0.00390. The number of nitrogens with two attached hydrogens (primary N) is 1. The van der Waals surface area contributed by atoms with Gasteiger partial charge >= 0.3 is 0 Å². The number of carbonyl (C=O) groups excluding carboxylic acids is 1. The number of nitrogens with one attached hydrogen (secondary N) is 2. The van der Waals surface area contributed by atoms with Crippen molar-refractivity contribution in [2.45, 2.75) is 33.2 Å². The van der Waals surface area contributed by atoms with Crippen LogP contribution in [0.15, 0.2) is 0 Å². The zero-order valence-corrected chi connectivity index (χ0v) is 12.1. The van der Waals surface area contributed by atoms with E-state index in [9.17, 15) is 4.79 Å². The first-order chi connectivity index (χ1) is 8.97. The molecule has 19 heavy (non-hydrogen) atoms. The first kappa shape index (κ1) is 15.8. The number of hydrogen-bond donors (Lipinski definition) is 3. The van der Waals surface area contributed by atoms with Crippen molar-refractivity contribution in [1.29, 1.82) is 5.41 Å². The number of carbonyl (C=O) groups is 1. The maximum absolute atomic E-state index is 12.3. The number of ether oxygens (including phenoxy) is 1. The summed E-state index contributed by atoms with van der Waals surface area (Å²) in [5.41, 5.74) is 5.32. The Hall–Kier alpha value is -1.30. The zero-order valence-electron chi connectivity index (χ0n) is 12.1. The van der Waals surface area contributed by atoms with Gasteiger partial charge in [0.25, 0.3) is 0 Å². The molecule has 1 amide bonds. The zero-order chi connectivity index (χ0) is 14.4. The molecule has 0 aromatic carbocycles. The van der Waals surface area contributed by atoms with Gasteiger partial charge in [-0.15, -0.1) is 0 Å². The molecule has 1 aliphatic rings. The molecule has 6 heteroatoms. The van der Waals surface area contributed by atoms with Gasteiger partial charge in [-0.3, -0.25) is 10.2 Å². The highest BCUT2D eigenvalue weighted by Gasteiger charge is 2.33. The minimum Gasteiger partial charge on any atom is -0.381 e. The van der Waals surface area contributed by atoms with Crippen molar-refractivity contribution in [3.8, 4) is 0 Å². The summed E-state index contributed by atoms with van der Waals surface area (Å²) in [6, 6.07) is 0.167. The maximum Gasteiger partial charge on any atom is 0.225 e. The summed E-state index contributed by atoms with van der Waals surface area (Å²) in [5, 5.41) is 10.1. The molecule has 2 atom stereocenters. The van der Waals surface area contributed by atoms with Crippen LogP contribution in [-0.2, 0) is 9.53 Å². The van der Waals surface area contributed by atoms with Crippen LogP contribution in [-0.4, -0.2) is 49.1 Å². The summed E-state index contributed by atoms with van der Waals surface area (Å²) < 4.78 is 5.49. The lowest BCUT2D eigenvalue weighted by atomic mass is 9.93. The second-order valence-electron chi connectivity index (χ2n) is 5.26. The average molecular weight is 270 g/mol. The highest BCUT2D eigenvalue weighted by molar-refractivity contribution is 5.78. The first-order valence-corrected chi connectivity index (χ1v) is 6.93. The van der Waals surface area contributed by atoms with Crippen LogP contribution in [0.3, 0.4) is 0 Å². The highest BCUT2D eigenvalue weighted by atomic mass is 16.5. The van der Waals surface area contributed by atoms with Crippen molar-refractivity contribution in [2.75, 3.05) is 26.3 Å². The SMILES string of the molecule is CCN(C(=O)C(C)C)C1CCOCC1CNC(=N)N. The van der Waals surface area contributed by atoms with Crippen LogP contribution in [0, 0.1) is 17.2 Å². The smallest absolute Gasteiger partial charge is 0.225 e. The number of amides is 1. The predicted octanol–water partition coefficient (Wildman–Crippen LogP) is 0.379. The Kier molecular flexibility index (Phi) is 6.08. The van der Waals surface area contributed by atoms with Gasteiger partial charge in [0, 0.05) is 37.6 Å². The van der Waals surface area contributed by atoms with Gasteiger partial charge in [0.1, 0.15) is 0 Å². The molecule has 1 rings (SSSR count). The topological polar surface area (TPSA) is 91.4 Å². The van der Waals surface area contributed by atoms with E-state index in [0.29, 0.717) is 26.3 Å². The molecule has 6 nitrogen and oxygen atoms in total. The Bertz CT molecular complexity index is 320. The lowest BCUT2D eigenvalue weighted by molar-refractivity contribution is -0.140. The van der Waals surface area contributed by atoms with Gasteiger partial charge in [-0.05, 0) is 13.3 Å². The van der Waals surface area contributed by atoms with E-state index in [1.807, 2.05) is 25.7 Å². The number of nitrogens with zero attached hydrogens (tertiary/aromatic N) is 1. The maximum atomic E-state index is 12.3. The molecule has 0 bridgehead atoms. The van der Waals surface area contributed by atoms with E-state index in [1.54, 1.807) is 0 Å². The van der Waals surface area contributed by atoms with Gasteiger partial charge in [-0.1, -0.05) is 13.8 Å². The Labute approximate surface area is 115 Å². The highest BCUT2D eigenvalue weighted by Crippen LogP contribution is 2.22. The third kappa shape index (κ3) is 4.38. The molecule has 0 spiro atoms. The van der Waals surface area contributed by atoms with E-state index in [4.69, 9.17) is 15.9 Å². The fourth-order valence-corrected chi connectivity index (χ4v) is 2.52. The van der Waals surface area contributed by atoms with Crippen LogP contribution < -0.4 is 11.1 Å². The monoisotopic (exact) mass is 270 g/mol. The normalized spacial score (nSPS) is 23.2. The van der Waals surface area contributed by atoms with Gasteiger partial charge in [0.15, 0.2) is 5.96 Å². The Morgan fingerprint density at radius 3 is 2.79 bits per heavy atom. The number of rotatable bonds is 5. The van der Waals surface area contributed by atoms with E-state index in [-0.39, 0.29) is 29.7 Å². The van der Waals surface area contributed by atoms with Gasteiger partial charge < -0.3 is 20.7 Å². The Morgan fingerprint density at radius 1 is 1.58 bits per heavy atom. The van der Waals surface area contributed by atoms with Crippen LogP contribution in [0.1, 0.15) is 27.2 Å². The average Bonchev–Trinajstić information content (AvgIpc) is 2.38. The molecule has 1 heterocycles. The van der Waals surface area contributed by atoms with Crippen LogP contribution in [0.4, 0.5) is 0 Å². The molecule has 1 fully saturated rings. The lowest BCUT2D eigenvalue weighted by Gasteiger charge is -2.40. The summed E-state index contributed by atoms with van der Waals surface area (Å²) in [4.78, 5) is 14.2. The quantitative estimate of drug-likeness (QED) is 0.497. The van der Waals surface area contributed by atoms with Crippen molar-refractivity contribution in [3.63, 3.8) is 0 Å². The predicted molar refractivity (Wildman–Crippen MR) is 74.9 cm³/mol. The second kappa shape index (κ2) is 7.33. The minimum atomic E-state index is -0.0393. The van der Waals surface area contributed by atoms with Crippen LogP contribution in [0.5, 0.6) is 0 Å². The van der Waals surface area contributed by atoms with Crippen molar-refractivity contribution >= 4 is 11.9 Å². The third-order valence-corrected chi connectivity index (χ3v) is 3.51. The van der Waals surface area contributed by atoms with Gasteiger partial charge in [0.05, 0.1) is 6.61 Å². The largest absolute Gasteiger partial charge is 0.381 e. The Balaban J connectivity index is 2.73. The van der Waals surface area contributed by atoms with Gasteiger partial charge in [0.2, 0.25) is 5.91 Å². The standard InChI is InChI=1S/C13H26N4O2/c1-4-17(12(18)9(2)3)11-5-6-19-8-10(11)7-16-13(14)15/h9-11H,4-8H2,1-3H3,(H4,14,15,16). The summed E-state index contributed by atoms with van der Waals surface area (Å²) in [5.74, 6) is 0.328. The summed E-state index contributed by atoms with van der Waals surface area (Å²) in [7, 11) is 0. The number of guanidine groups is 1. The molecular formula is C13H26N4O2. The molecule has 0 saturated carbocycles. The van der Waals surface area contributed by atoms with E-state index in [2.05, 4.69) is 5.32 Å². The molecule has 0 radical (unpaired) electrons. The van der Waals surface area contributed by atoms with Crippen LogP contribution in [0.2, 0.25) is 0 Å².